The molecule has 0 aliphatic carbocycles. The SMILES string of the molecule is c1ccc(-c2cc(-c3ccccc3)nc(-c3ccc(-c4ccc(-n5c6ccccc6c6ccccc65)c5ccccc45)cc3)n2)cc1. The average Bonchev–Trinajstić information content (AvgIpc) is 3.49. The van der Waals surface area contributed by atoms with Crippen LogP contribution in [0.15, 0.2) is 176 Å². The summed E-state index contributed by atoms with van der Waals surface area (Å²) in [4.78, 5) is 10.1. The minimum atomic E-state index is 0.711. The molecule has 0 bridgehead atoms. The van der Waals surface area contributed by atoms with E-state index in [1.165, 1.54) is 43.8 Å². The van der Waals surface area contributed by atoms with Crippen LogP contribution in [0.2, 0.25) is 0 Å². The fourth-order valence-corrected chi connectivity index (χ4v) is 6.80. The molecule has 0 fully saturated rings. The van der Waals surface area contributed by atoms with E-state index in [0.29, 0.717) is 5.82 Å². The second kappa shape index (κ2) is 11.2. The molecule has 0 unspecified atom stereocenters. The van der Waals surface area contributed by atoms with Crippen LogP contribution in [-0.4, -0.2) is 14.5 Å². The molecule has 0 saturated heterocycles. The van der Waals surface area contributed by atoms with Gasteiger partial charge in [0.25, 0.3) is 0 Å². The van der Waals surface area contributed by atoms with Crippen molar-refractivity contribution in [3.05, 3.63) is 176 Å². The number of para-hydroxylation sites is 2. The number of hydrogen-bond acceptors (Lipinski definition) is 2. The Bertz CT molecular complexity index is 2440. The topological polar surface area (TPSA) is 30.7 Å². The third kappa shape index (κ3) is 4.68. The zero-order valence-corrected chi connectivity index (χ0v) is 25.6. The van der Waals surface area contributed by atoms with Crippen molar-refractivity contribution in [1.82, 2.24) is 14.5 Å². The highest BCUT2D eigenvalue weighted by Gasteiger charge is 2.16. The number of fused-ring (bicyclic) bond motifs is 4. The highest BCUT2D eigenvalue weighted by atomic mass is 15.0. The molecular formula is C44H29N3. The zero-order valence-electron chi connectivity index (χ0n) is 25.6. The highest BCUT2D eigenvalue weighted by Crippen LogP contribution is 2.38. The van der Waals surface area contributed by atoms with E-state index >= 15 is 0 Å². The molecule has 7 aromatic carbocycles. The monoisotopic (exact) mass is 599 g/mol. The molecule has 0 aliphatic heterocycles. The zero-order chi connectivity index (χ0) is 31.2. The van der Waals surface area contributed by atoms with Crippen LogP contribution in [0.4, 0.5) is 0 Å². The summed E-state index contributed by atoms with van der Waals surface area (Å²) in [5.41, 5.74) is 10.9. The molecule has 9 aromatic rings. The van der Waals surface area contributed by atoms with Crippen molar-refractivity contribution < 1.29 is 0 Å². The predicted molar refractivity (Wildman–Crippen MR) is 196 cm³/mol. The van der Waals surface area contributed by atoms with E-state index in [-0.39, 0.29) is 0 Å². The molecule has 47 heavy (non-hydrogen) atoms. The first kappa shape index (κ1) is 27.0. The van der Waals surface area contributed by atoms with E-state index in [4.69, 9.17) is 9.97 Å². The van der Waals surface area contributed by atoms with Crippen molar-refractivity contribution in [3.8, 4) is 50.7 Å². The molecule has 3 nitrogen and oxygen atoms in total. The van der Waals surface area contributed by atoms with Gasteiger partial charge < -0.3 is 4.57 Å². The van der Waals surface area contributed by atoms with Crippen molar-refractivity contribution >= 4 is 32.6 Å². The molecule has 2 heterocycles. The van der Waals surface area contributed by atoms with Crippen molar-refractivity contribution in [1.29, 1.82) is 0 Å². The Hall–Kier alpha value is -6.32. The van der Waals surface area contributed by atoms with Crippen LogP contribution in [0.1, 0.15) is 0 Å². The van der Waals surface area contributed by atoms with Crippen molar-refractivity contribution in [3.63, 3.8) is 0 Å². The number of nitrogens with zero attached hydrogens (tertiary/aromatic N) is 3. The molecular weight excluding hydrogens is 571 g/mol. The molecule has 2 aromatic heterocycles. The highest BCUT2D eigenvalue weighted by molar-refractivity contribution is 6.11. The van der Waals surface area contributed by atoms with Crippen LogP contribution in [0.3, 0.4) is 0 Å². The Morgan fingerprint density at radius 1 is 0.340 bits per heavy atom. The first-order chi connectivity index (χ1) is 23.3. The first-order valence-corrected chi connectivity index (χ1v) is 15.9. The van der Waals surface area contributed by atoms with Gasteiger partial charge in [0, 0.05) is 32.8 Å². The Kier molecular flexibility index (Phi) is 6.46. The molecule has 0 aliphatic rings. The van der Waals surface area contributed by atoms with Gasteiger partial charge >= 0.3 is 0 Å². The van der Waals surface area contributed by atoms with Gasteiger partial charge in [0.05, 0.1) is 28.1 Å². The predicted octanol–water partition coefficient (Wildman–Crippen LogP) is 11.4. The lowest BCUT2D eigenvalue weighted by Gasteiger charge is -2.15. The van der Waals surface area contributed by atoms with Gasteiger partial charge in [-0.15, -0.1) is 0 Å². The van der Waals surface area contributed by atoms with E-state index in [2.05, 4.69) is 144 Å². The first-order valence-electron chi connectivity index (χ1n) is 15.9. The fraction of sp³-hybridized carbons (Fsp3) is 0. The largest absolute Gasteiger partial charge is 0.309 e. The Balaban J connectivity index is 1.16. The molecule has 9 rings (SSSR count). The Labute approximate surface area is 273 Å². The summed E-state index contributed by atoms with van der Waals surface area (Å²) in [7, 11) is 0. The summed E-state index contributed by atoms with van der Waals surface area (Å²) < 4.78 is 2.40. The fourth-order valence-electron chi connectivity index (χ4n) is 6.80. The summed E-state index contributed by atoms with van der Waals surface area (Å²) in [6.07, 6.45) is 0. The second-order valence-corrected chi connectivity index (χ2v) is 11.8. The lowest BCUT2D eigenvalue weighted by Crippen LogP contribution is -1.97. The quantitative estimate of drug-likeness (QED) is 0.197. The minimum absolute atomic E-state index is 0.711. The smallest absolute Gasteiger partial charge is 0.160 e. The average molecular weight is 600 g/mol. The third-order valence-electron chi connectivity index (χ3n) is 9.04. The van der Waals surface area contributed by atoms with Crippen molar-refractivity contribution in [2.24, 2.45) is 0 Å². The van der Waals surface area contributed by atoms with Gasteiger partial charge in [-0.2, -0.15) is 0 Å². The molecule has 0 radical (unpaired) electrons. The molecule has 0 atom stereocenters. The van der Waals surface area contributed by atoms with Gasteiger partial charge in [0.2, 0.25) is 0 Å². The van der Waals surface area contributed by atoms with Gasteiger partial charge in [-0.3, -0.25) is 0 Å². The van der Waals surface area contributed by atoms with Gasteiger partial charge in [-0.1, -0.05) is 152 Å². The summed E-state index contributed by atoms with van der Waals surface area (Å²) in [6, 6.07) is 62.0. The maximum absolute atomic E-state index is 5.03. The lowest BCUT2D eigenvalue weighted by atomic mass is 9.96. The van der Waals surface area contributed by atoms with E-state index in [9.17, 15) is 0 Å². The van der Waals surface area contributed by atoms with Crippen LogP contribution in [0.25, 0.3) is 83.3 Å². The maximum Gasteiger partial charge on any atom is 0.160 e. The normalized spacial score (nSPS) is 11.4. The third-order valence-corrected chi connectivity index (χ3v) is 9.04. The molecule has 0 spiro atoms. The van der Waals surface area contributed by atoms with Crippen LogP contribution < -0.4 is 0 Å². The Morgan fingerprint density at radius 2 is 0.809 bits per heavy atom. The van der Waals surface area contributed by atoms with Crippen molar-refractivity contribution in [2.45, 2.75) is 0 Å². The molecule has 0 saturated carbocycles. The summed E-state index contributed by atoms with van der Waals surface area (Å²) in [6.45, 7) is 0. The standard InChI is InChI=1S/C44H29N3/c1-3-13-31(14-4-1)39-29-40(32-15-5-2-6-16-32)46-44(45-39)33-25-23-30(24-26-33)34-27-28-43(36-18-8-7-17-35(34)36)47-41-21-11-9-19-37(41)38-20-10-12-22-42(38)47/h1-29H. The van der Waals surface area contributed by atoms with E-state index in [1.54, 1.807) is 0 Å². The molecule has 0 N–H and O–H groups in total. The number of rotatable bonds is 5. The van der Waals surface area contributed by atoms with Crippen LogP contribution in [0.5, 0.6) is 0 Å². The summed E-state index contributed by atoms with van der Waals surface area (Å²) in [5.74, 6) is 0.711. The number of hydrogen-bond donors (Lipinski definition) is 0. The minimum Gasteiger partial charge on any atom is -0.309 e. The van der Waals surface area contributed by atoms with Gasteiger partial charge in [-0.05, 0) is 40.8 Å². The molecule has 220 valence electrons. The van der Waals surface area contributed by atoms with Crippen LogP contribution in [-0.2, 0) is 0 Å². The Morgan fingerprint density at radius 3 is 1.38 bits per heavy atom. The lowest BCUT2D eigenvalue weighted by molar-refractivity contribution is 1.18. The van der Waals surface area contributed by atoms with Gasteiger partial charge in [0.15, 0.2) is 5.82 Å². The molecule has 3 heteroatoms. The van der Waals surface area contributed by atoms with Gasteiger partial charge in [0.1, 0.15) is 0 Å². The second-order valence-electron chi connectivity index (χ2n) is 11.8. The number of benzene rings is 7. The van der Waals surface area contributed by atoms with E-state index in [1.807, 2.05) is 36.4 Å². The van der Waals surface area contributed by atoms with Crippen LogP contribution in [0, 0.1) is 0 Å². The summed E-state index contributed by atoms with van der Waals surface area (Å²) >= 11 is 0. The number of aromatic nitrogens is 3. The van der Waals surface area contributed by atoms with E-state index in [0.717, 1.165) is 33.6 Å². The van der Waals surface area contributed by atoms with Gasteiger partial charge in [-0.25, -0.2) is 9.97 Å². The molecule has 0 amide bonds. The van der Waals surface area contributed by atoms with Crippen LogP contribution >= 0.6 is 0 Å². The maximum atomic E-state index is 5.03. The van der Waals surface area contributed by atoms with E-state index < -0.39 is 0 Å². The summed E-state index contributed by atoms with van der Waals surface area (Å²) in [5, 5.41) is 4.96. The van der Waals surface area contributed by atoms with Crippen molar-refractivity contribution in [2.75, 3.05) is 0 Å².